The van der Waals surface area contributed by atoms with E-state index in [-0.39, 0.29) is 11.3 Å². The zero-order chi connectivity index (χ0) is 14.9. The van der Waals surface area contributed by atoms with E-state index in [0.29, 0.717) is 6.07 Å². The zero-order valence-corrected chi connectivity index (χ0v) is 10.2. The highest BCUT2D eigenvalue weighted by Crippen LogP contribution is 2.22. The van der Waals surface area contributed by atoms with Crippen LogP contribution in [0.2, 0.25) is 0 Å². The fourth-order valence-electron chi connectivity index (χ4n) is 1.66. The van der Waals surface area contributed by atoms with Gasteiger partial charge in [0.25, 0.3) is 0 Å². The number of hydrogen-bond acceptors (Lipinski definition) is 2. The Morgan fingerprint density at radius 3 is 2.25 bits per heavy atom. The van der Waals surface area contributed by atoms with Gasteiger partial charge in [-0.05, 0) is 30.3 Å². The number of benzene rings is 2. The standard InChI is InChI=1S/C14H8F4O2/c1-20-11-5-2-7(6-10(11)16)14(19)8-3-4-9(15)13(18)12(8)17/h2-6H,1H3. The van der Waals surface area contributed by atoms with Crippen LogP contribution in [-0.2, 0) is 0 Å². The van der Waals surface area contributed by atoms with Crippen molar-refractivity contribution in [3.8, 4) is 5.75 Å². The first-order valence-electron chi connectivity index (χ1n) is 5.47. The van der Waals surface area contributed by atoms with Gasteiger partial charge in [0.15, 0.2) is 34.8 Å². The van der Waals surface area contributed by atoms with Crippen LogP contribution in [0.1, 0.15) is 15.9 Å². The number of hydrogen-bond donors (Lipinski definition) is 0. The lowest BCUT2D eigenvalue weighted by molar-refractivity contribution is 0.103. The van der Waals surface area contributed by atoms with E-state index in [0.717, 1.165) is 12.1 Å². The normalized spacial score (nSPS) is 10.4. The minimum Gasteiger partial charge on any atom is -0.494 e. The van der Waals surface area contributed by atoms with Crippen molar-refractivity contribution in [1.29, 1.82) is 0 Å². The molecule has 0 aliphatic heterocycles. The molecule has 2 aromatic rings. The van der Waals surface area contributed by atoms with Crippen molar-refractivity contribution in [2.75, 3.05) is 7.11 Å². The maximum atomic E-state index is 13.5. The maximum Gasteiger partial charge on any atom is 0.196 e. The molecule has 0 amide bonds. The number of carbonyl (C=O) groups is 1. The number of halogens is 4. The van der Waals surface area contributed by atoms with Crippen LogP contribution >= 0.6 is 0 Å². The van der Waals surface area contributed by atoms with Crippen LogP contribution in [0, 0.1) is 23.3 Å². The van der Waals surface area contributed by atoms with E-state index >= 15 is 0 Å². The second-order valence-corrected chi connectivity index (χ2v) is 3.90. The van der Waals surface area contributed by atoms with E-state index in [2.05, 4.69) is 4.74 Å². The highest BCUT2D eigenvalue weighted by Gasteiger charge is 2.20. The Morgan fingerprint density at radius 1 is 0.950 bits per heavy atom. The molecule has 2 aromatic carbocycles. The van der Waals surface area contributed by atoms with Gasteiger partial charge in [0.2, 0.25) is 0 Å². The topological polar surface area (TPSA) is 26.3 Å². The number of methoxy groups -OCH3 is 1. The highest BCUT2D eigenvalue weighted by atomic mass is 19.2. The van der Waals surface area contributed by atoms with E-state index in [1.165, 1.54) is 19.2 Å². The molecule has 0 aliphatic rings. The Bertz CT molecular complexity index is 683. The lowest BCUT2D eigenvalue weighted by Gasteiger charge is -2.06. The molecule has 0 heterocycles. The van der Waals surface area contributed by atoms with Gasteiger partial charge in [-0.25, -0.2) is 17.6 Å². The molecule has 6 heteroatoms. The third-order valence-electron chi connectivity index (χ3n) is 2.69. The van der Waals surface area contributed by atoms with Crippen LogP contribution in [0.5, 0.6) is 5.75 Å². The smallest absolute Gasteiger partial charge is 0.196 e. The number of carbonyl (C=O) groups excluding carboxylic acids is 1. The molecule has 0 aliphatic carbocycles. The van der Waals surface area contributed by atoms with Gasteiger partial charge in [-0.3, -0.25) is 4.79 Å². The van der Waals surface area contributed by atoms with Crippen LogP contribution < -0.4 is 4.74 Å². The van der Waals surface area contributed by atoms with Crippen molar-refractivity contribution in [1.82, 2.24) is 0 Å². The molecule has 0 saturated carbocycles. The van der Waals surface area contributed by atoms with E-state index < -0.39 is 34.6 Å². The highest BCUT2D eigenvalue weighted by molar-refractivity contribution is 6.09. The molecule has 0 saturated heterocycles. The Balaban J connectivity index is 2.47. The summed E-state index contributed by atoms with van der Waals surface area (Å²) in [7, 11) is 1.24. The molecule has 104 valence electrons. The maximum absolute atomic E-state index is 13.5. The van der Waals surface area contributed by atoms with Gasteiger partial charge in [-0.15, -0.1) is 0 Å². The summed E-state index contributed by atoms with van der Waals surface area (Å²) in [5.74, 6) is -6.62. The van der Waals surface area contributed by atoms with Gasteiger partial charge >= 0.3 is 0 Å². The Kier molecular flexibility index (Phi) is 3.74. The van der Waals surface area contributed by atoms with E-state index in [1.807, 2.05) is 0 Å². The van der Waals surface area contributed by atoms with Crippen LogP contribution in [-0.4, -0.2) is 12.9 Å². The quantitative estimate of drug-likeness (QED) is 0.490. The van der Waals surface area contributed by atoms with E-state index in [9.17, 15) is 22.4 Å². The van der Waals surface area contributed by atoms with Crippen molar-refractivity contribution >= 4 is 5.78 Å². The Morgan fingerprint density at radius 2 is 1.65 bits per heavy atom. The summed E-state index contributed by atoms with van der Waals surface area (Å²) in [6, 6.07) is 4.65. The van der Waals surface area contributed by atoms with Gasteiger partial charge in [-0.2, -0.15) is 0 Å². The molecule has 20 heavy (non-hydrogen) atoms. The largest absolute Gasteiger partial charge is 0.494 e. The first kappa shape index (κ1) is 14.0. The number of ether oxygens (including phenoxy) is 1. The predicted octanol–water partition coefficient (Wildman–Crippen LogP) is 3.48. The van der Waals surface area contributed by atoms with Gasteiger partial charge in [0.1, 0.15) is 0 Å². The molecular formula is C14H8F4O2. The van der Waals surface area contributed by atoms with Crippen molar-refractivity contribution < 1.29 is 27.1 Å². The molecule has 0 spiro atoms. The summed E-state index contributed by atoms with van der Waals surface area (Å²) in [6.45, 7) is 0. The molecular weight excluding hydrogens is 276 g/mol. The van der Waals surface area contributed by atoms with Crippen LogP contribution in [0.15, 0.2) is 30.3 Å². The summed E-state index contributed by atoms with van der Waals surface area (Å²) < 4.78 is 57.5. The fraction of sp³-hybridized carbons (Fsp3) is 0.0714. The van der Waals surface area contributed by atoms with Gasteiger partial charge in [0.05, 0.1) is 12.7 Å². The van der Waals surface area contributed by atoms with Gasteiger partial charge in [0, 0.05) is 5.56 Å². The van der Waals surface area contributed by atoms with Gasteiger partial charge in [-0.1, -0.05) is 0 Å². The monoisotopic (exact) mass is 284 g/mol. The minimum absolute atomic E-state index is 0.0905. The summed E-state index contributed by atoms with van der Waals surface area (Å²) >= 11 is 0. The SMILES string of the molecule is COc1ccc(C(=O)c2ccc(F)c(F)c2F)cc1F. The first-order chi connectivity index (χ1) is 9.45. The third kappa shape index (κ3) is 2.36. The number of rotatable bonds is 3. The molecule has 2 rings (SSSR count). The summed E-state index contributed by atoms with van der Waals surface area (Å²) in [6.07, 6.45) is 0. The van der Waals surface area contributed by atoms with Crippen LogP contribution in [0.3, 0.4) is 0 Å². The lowest BCUT2D eigenvalue weighted by Crippen LogP contribution is -2.07. The number of ketones is 1. The van der Waals surface area contributed by atoms with Crippen molar-refractivity contribution in [2.45, 2.75) is 0 Å². The fourth-order valence-corrected chi connectivity index (χ4v) is 1.66. The van der Waals surface area contributed by atoms with Gasteiger partial charge < -0.3 is 4.74 Å². The van der Waals surface area contributed by atoms with Crippen LogP contribution in [0.25, 0.3) is 0 Å². The summed E-state index contributed by atoms with van der Waals surface area (Å²) in [5.41, 5.74) is -0.873. The summed E-state index contributed by atoms with van der Waals surface area (Å²) in [5, 5.41) is 0. The average molecular weight is 284 g/mol. The molecule has 0 unspecified atom stereocenters. The van der Waals surface area contributed by atoms with Crippen molar-refractivity contribution in [3.63, 3.8) is 0 Å². The van der Waals surface area contributed by atoms with E-state index in [1.54, 1.807) is 0 Å². The molecule has 0 atom stereocenters. The second-order valence-electron chi connectivity index (χ2n) is 3.90. The van der Waals surface area contributed by atoms with Crippen LogP contribution in [0.4, 0.5) is 17.6 Å². The molecule has 2 nitrogen and oxygen atoms in total. The average Bonchev–Trinajstić information content (AvgIpc) is 2.44. The lowest BCUT2D eigenvalue weighted by atomic mass is 10.0. The predicted molar refractivity (Wildman–Crippen MR) is 62.7 cm³/mol. The Labute approximate surface area is 111 Å². The minimum atomic E-state index is -1.75. The second kappa shape index (κ2) is 5.32. The van der Waals surface area contributed by atoms with Crippen molar-refractivity contribution in [2.24, 2.45) is 0 Å². The third-order valence-corrected chi connectivity index (χ3v) is 2.69. The van der Waals surface area contributed by atoms with Crippen molar-refractivity contribution in [3.05, 3.63) is 64.7 Å². The molecule has 0 radical (unpaired) electrons. The first-order valence-corrected chi connectivity index (χ1v) is 5.47. The molecule has 0 N–H and O–H groups in total. The zero-order valence-electron chi connectivity index (χ0n) is 10.2. The van der Waals surface area contributed by atoms with E-state index in [4.69, 9.17) is 0 Å². The molecule has 0 fully saturated rings. The Hall–Kier alpha value is -2.37. The summed E-state index contributed by atoms with van der Waals surface area (Å²) in [4.78, 5) is 11.9. The molecule has 0 aromatic heterocycles. The molecule has 0 bridgehead atoms.